The molecule has 162 valence electrons. The molecule has 0 radical (unpaired) electrons. The van der Waals surface area contributed by atoms with Gasteiger partial charge in [-0.05, 0) is 42.4 Å². The van der Waals surface area contributed by atoms with Crippen LogP contribution in [-0.4, -0.2) is 22.0 Å². The molecule has 0 spiro atoms. The molecule has 2 N–H and O–H groups in total. The Bertz CT molecular complexity index is 1250. The minimum atomic E-state index is -0.440. The molecule has 2 aromatic carbocycles. The van der Waals surface area contributed by atoms with Crippen LogP contribution in [-0.2, 0) is 11.4 Å². The molecule has 0 fully saturated rings. The fourth-order valence-electron chi connectivity index (χ4n) is 4.37. The van der Waals surface area contributed by atoms with E-state index in [-0.39, 0.29) is 11.3 Å². The van der Waals surface area contributed by atoms with Gasteiger partial charge in [0.2, 0.25) is 0 Å². The summed E-state index contributed by atoms with van der Waals surface area (Å²) in [6.07, 6.45) is 3.95. The number of nitrogens with zero attached hydrogens (tertiary/aromatic N) is 1. The Hall–Kier alpha value is -3.32. The number of anilines is 1. The molecule has 0 unspecified atom stereocenters. The van der Waals surface area contributed by atoms with Crippen molar-refractivity contribution in [3.8, 4) is 5.75 Å². The average Bonchev–Trinajstić information content (AvgIpc) is 2.82. The Morgan fingerprint density at radius 3 is 2.59 bits per heavy atom. The van der Waals surface area contributed by atoms with Gasteiger partial charge in [0.05, 0.1) is 5.56 Å². The van der Waals surface area contributed by atoms with Gasteiger partial charge >= 0.3 is 0 Å². The molecule has 1 atom stereocenters. The summed E-state index contributed by atoms with van der Waals surface area (Å²) in [5.74, 6) is 0.929. The highest BCUT2D eigenvalue weighted by Gasteiger charge is 2.37. The second kappa shape index (κ2) is 8.67. The van der Waals surface area contributed by atoms with Crippen LogP contribution in [0.25, 0.3) is 0 Å². The maximum absolute atomic E-state index is 13.0. The number of benzene rings is 2. The third-order valence-electron chi connectivity index (χ3n) is 5.89. The molecule has 3 aromatic rings. The van der Waals surface area contributed by atoms with Crippen molar-refractivity contribution < 1.29 is 9.53 Å². The number of carbonyl (C=O) groups excluding carboxylic acids is 1. The summed E-state index contributed by atoms with van der Waals surface area (Å²) >= 11 is 1.38. The van der Waals surface area contributed by atoms with Crippen molar-refractivity contribution >= 4 is 23.4 Å². The lowest BCUT2D eigenvalue weighted by molar-refractivity contribution is -0.116. The summed E-state index contributed by atoms with van der Waals surface area (Å²) in [7, 11) is 0. The number of carbonyl (C=O) groups is 1. The van der Waals surface area contributed by atoms with Gasteiger partial charge in [0.1, 0.15) is 18.2 Å². The van der Waals surface area contributed by atoms with Crippen LogP contribution in [0.5, 0.6) is 5.75 Å². The topological polar surface area (TPSA) is 84.1 Å². The number of ether oxygens (including phenoxy) is 1. The summed E-state index contributed by atoms with van der Waals surface area (Å²) in [5.41, 5.74) is 3.82. The summed E-state index contributed by atoms with van der Waals surface area (Å²) < 4.78 is 5.91. The van der Waals surface area contributed by atoms with Gasteiger partial charge in [0.15, 0.2) is 10.9 Å². The lowest BCUT2D eigenvalue weighted by Crippen LogP contribution is -2.32. The monoisotopic (exact) mass is 445 g/mol. The number of allylic oxidation sites excluding steroid dienone is 2. The molecule has 0 saturated heterocycles. The van der Waals surface area contributed by atoms with Crippen molar-refractivity contribution in [2.24, 2.45) is 0 Å². The van der Waals surface area contributed by atoms with Crippen LogP contribution in [0.3, 0.4) is 0 Å². The van der Waals surface area contributed by atoms with Crippen LogP contribution in [0.4, 0.5) is 5.82 Å². The smallest absolute Gasteiger partial charge is 0.257 e. The molecule has 1 aliphatic carbocycles. The zero-order chi connectivity index (χ0) is 22.1. The van der Waals surface area contributed by atoms with E-state index >= 15 is 0 Å². The molecule has 1 aliphatic heterocycles. The summed E-state index contributed by atoms with van der Waals surface area (Å²) in [6.45, 7) is 0.477. The molecule has 1 aromatic heterocycles. The van der Waals surface area contributed by atoms with Crippen molar-refractivity contribution in [2.45, 2.75) is 36.9 Å². The van der Waals surface area contributed by atoms with Crippen LogP contribution >= 0.6 is 11.8 Å². The molecule has 0 bridgehead atoms. The highest BCUT2D eigenvalue weighted by atomic mass is 32.2. The van der Waals surface area contributed by atoms with Crippen LogP contribution < -0.4 is 15.6 Å². The maximum Gasteiger partial charge on any atom is 0.257 e. The standard InChI is InChI=1S/C25H23N3O3S/c1-32-25-27-23-22(24(30)28-25)20(21-18(26-23)8-5-9-19(21)29)16-10-12-17(13-11-16)31-14-15-6-3-2-4-7-15/h2-4,6-7,10-13,20H,5,8-9,14H2,1H3,(H2,26,27,28,30)/t20-/m0/s1. The molecule has 2 aliphatic rings. The number of fused-ring (bicyclic) bond motifs is 1. The third kappa shape index (κ3) is 3.84. The SMILES string of the molecule is CSc1nc2c(c(=O)[nH]1)[C@@H](c1ccc(OCc3ccccc3)cc1)C1=C(CCCC1=O)N2. The van der Waals surface area contributed by atoms with E-state index in [0.29, 0.717) is 35.1 Å². The number of rotatable bonds is 5. The van der Waals surface area contributed by atoms with Gasteiger partial charge in [-0.2, -0.15) is 0 Å². The van der Waals surface area contributed by atoms with Crippen molar-refractivity contribution in [3.63, 3.8) is 0 Å². The van der Waals surface area contributed by atoms with E-state index in [0.717, 1.165) is 35.4 Å². The molecule has 0 saturated carbocycles. The summed E-state index contributed by atoms with van der Waals surface area (Å²) in [6, 6.07) is 17.6. The first-order chi connectivity index (χ1) is 15.6. The second-order valence-electron chi connectivity index (χ2n) is 7.91. The van der Waals surface area contributed by atoms with Gasteiger partial charge in [0, 0.05) is 23.6 Å². The van der Waals surface area contributed by atoms with Crippen LogP contribution in [0.15, 0.2) is 75.8 Å². The summed E-state index contributed by atoms with van der Waals surface area (Å²) in [5, 5.41) is 3.84. The number of aromatic amines is 1. The number of ketones is 1. The van der Waals surface area contributed by atoms with Gasteiger partial charge in [0.25, 0.3) is 5.56 Å². The van der Waals surface area contributed by atoms with E-state index in [4.69, 9.17) is 4.74 Å². The molecule has 7 heteroatoms. The van der Waals surface area contributed by atoms with Gasteiger partial charge in [-0.3, -0.25) is 9.59 Å². The highest BCUT2D eigenvalue weighted by Crippen LogP contribution is 2.43. The molecular weight excluding hydrogens is 422 g/mol. The van der Waals surface area contributed by atoms with Crippen LogP contribution in [0.1, 0.15) is 41.9 Å². The highest BCUT2D eigenvalue weighted by molar-refractivity contribution is 7.98. The molecule has 32 heavy (non-hydrogen) atoms. The van der Waals surface area contributed by atoms with E-state index in [9.17, 15) is 9.59 Å². The first kappa shape index (κ1) is 20.6. The molecule has 6 nitrogen and oxygen atoms in total. The number of nitrogens with one attached hydrogen (secondary N) is 2. The third-order valence-corrected chi connectivity index (χ3v) is 6.47. The van der Waals surface area contributed by atoms with E-state index in [2.05, 4.69) is 15.3 Å². The maximum atomic E-state index is 13.0. The van der Waals surface area contributed by atoms with E-state index in [1.165, 1.54) is 11.8 Å². The predicted octanol–water partition coefficient (Wildman–Crippen LogP) is 4.64. The van der Waals surface area contributed by atoms with Crippen molar-refractivity contribution in [3.05, 3.63) is 92.9 Å². The van der Waals surface area contributed by atoms with E-state index in [1.54, 1.807) is 0 Å². The Kier molecular flexibility index (Phi) is 5.57. The van der Waals surface area contributed by atoms with E-state index in [1.807, 2.05) is 60.9 Å². The minimum Gasteiger partial charge on any atom is -0.489 e. The average molecular weight is 446 g/mol. The first-order valence-electron chi connectivity index (χ1n) is 10.6. The number of aromatic nitrogens is 2. The Morgan fingerprint density at radius 2 is 1.84 bits per heavy atom. The summed E-state index contributed by atoms with van der Waals surface area (Å²) in [4.78, 5) is 33.4. The number of Topliss-reactive ketones (excluding diaryl/α,β-unsaturated/α-hetero) is 1. The van der Waals surface area contributed by atoms with Gasteiger partial charge < -0.3 is 15.0 Å². The molecular formula is C25H23N3O3S. The number of hydrogen-bond acceptors (Lipinski definition) is 6. The number of H-pyrrole nitrogens is 1. The van der Waals surface area contributed by atoms with Crippen molar-refractivity contribution in [1.82, 2.24) is 9.97 Å². The normalized spacial score (nSPS) is 17.4. The van der Waals surface area contributed by atoms with Crippen molar-refractivity contribution in [1.29, 1.82) is 0 Å². The fourth-order valence-corrected chi connectivity index (χ4v) is 4.75. The quantitative estimate of drug-likeness (QED) is 0.440. The lowest BCUT2D eigenvalue weighted by Gasteiger charge is -2.32. The molecule has 2 heterocycles. The lowest BCUT2D eigenvalue weighted by atomic mass is 9.76. The second-order valence-corrected chi connectivity index (χ2v) is 8.70. The molecule has 0 amide bonds. The number of thioether (sulfide) groups is 1. The van der Waals surface area contributed by atoms with Gasteiger partial charge in [-0.15, -0.1) is 0 Å². The zero-order valence-electron chi connectivity index (χ0n) is 17.7. The minimum absolute atomic E-state index is 0.0900. The van der Waals surface area contributed by atoms with E-state index < -0.39 is 5.92 Å². The fraction of sp³-hybridized carbons (Fsp3) is 0.240. The van der Waals surface area contributed by atoms with Crippen LogP contribution in [0, 0.1) is 0 Å². The zero-order valence-corrected chi connectivity index (χ0v) is 18.5. The first-order valence-corrected chi connectivity index (χ1v) is 11.8. The van der Waals surface area contributed by atoms with Gasteiger partial charge in [-0.1, -0.05) is 54.2 Å². The Labute approximate surface area is 190 Å². The molecule has 5 rings (SSSR count). The van der Waals surface area contributed by atoms with Crippen LogP contribution in [0.2, 0.25) is 0 Å². The Morgan fingerprint density at radius 1 is 1.06 bits per heavy atom. The van der Waals surface area contributed by atoms with Crippen molar-refractivity contribution in [2.75, 3.05) is 11.6 Å². The predicted molar refractivity (Wildman–Crippen MR) is 125 cm³/mol. The Balaban J connectivity index is 1.51. The number of hydrogen-bond donors (Lipinski definition) is 2. The van der Waals surface area contributed by atoms with Gasteiger partial charge in [-0.25, -0.2) is 4.98 Å². The largest absolute Gasteiger partial charge is 0.489 e.